The SMILES string of the molecule is CC(=O)N1CCC(c2cn(-c3cncc(C(O)(c4ccc(C5(C)CC5)cc4)C4(C)CN(C)C4)c3)cn2)CC1. The molecule has 7 nitrogen and oxygen atoms in total. The molecule has 2 aliphatic heterocycles. The average Bonchev–Trinajstić information content (AvgIpc) is 3.47. The van der Waals surface area contributed by atoms with Crippen molar-refractivity contribution in [3.63, 3.8) is 0 Å². The van der Waals surface area contributed by atoms with Crippen LogP contribution in [0.5, 0.6) is 0 Å². The zero-order valence-corrected chi connectivity index (χ0v) is 23.0. The number of nitrogens with zero attached hydrogens (tertiary/aromatic N) is 5. The summed E-state index contributed by atoms with van der Waals surface area (Å²) in [5, 5.41) is 12.6. The van der Waals surface area contributed by atoms with Crippen molar-refractivity contribution in [2.45, 2.75) is 63.4 Å². The first-order chi connectivity index (χ1) is 18.1. The van der Waals surface area contributed by atoms with Crippen molar-refractivity contribution in [2.75, 3.05) is 33.2 Å². The van der Waals surface area contributed by atoms with E-state index in [0.29, 0.717) is 11.3 Å². The minimum absolute atomic E-state index is 0.145. The summed E-state index contributed by atoms with van der Waals surface area (Å²) in [4.78, 5) is 25.2. The summed E-state index contributed by atoms with van der Waals surface area (Å²) in [5.41, 5.74) is 3.80. The molecule has 0 bridgehead atoms. The molecule has 3 aromatic rings. The maximum Gasteiger partial charge on any atom is 0.219 e. The van der Waals surface area contributed by atoms with E-state index in [1.54, 1.807) is 6.92 Å². The molecule has 1 aromatic carbocycles. The summed E-state index contributed by atoms with van der Waals surface area (Å²) in [6.45, 7) is 9.31. The third-order valence-corrected chi connectivity index (χ3v) is 9.51. The Bertz CT molecular complexity index is 1330. The van der Waals surface area contributed by atoms with Crippen molar-refractivity contribution < 1.29 is 9.90 Å². The van der Waals surface area contributed by atoms with Gasteiger partial charge in [0.2, 0.25) is 5.91 Å². The van der Waals surface area contributed by atoms with E-state index in [2.05, 4.69) is 67.3 Å². The van der Waals surface area contributed by atoms with Crippen molar-refractivity contribution in [1.29, 1.82) is 0 Å². The molecule has 2 saturated heterocycles. The van der Waals surface area contributed by atoms with Crippen LogP contribution in [0.2, 0.25) is 0 Å². The highest BCUT2D eigenvalue weighted by molar-refractivity contribution is 5.73. The van der Waals surface area contributed by atoms with Gasteiger partial charge in [-0.1, -0.05) is 38.1 Å². The van der Waals surface area contributed by atoms with Gasteiger partial charge in [0.25, 0.3) is 0 Å². The monoisotopic (exact) mass is 513 g/mol. The topological polar surface area (TPSA) is 74.5 Å². The molecule has 0 spiro atoms. The number of aromatic nitrogens is 3. The van der Waals surface area contributed by atoms with Gasteiger partial charge in [0.15, 0.2) is 0 Å². The lowest BCUT2D eigenvalue weighted by atomic mass is 9.62. The Morgan fingerprint density at radius 2 is 1.74 bits per heavy atom. The van der Waals surface area contributed by atoms with Gasteiger partial charge in [-0.2, -0.15) is 0 Å². The molecular formula is C31H39N5O2. The first-order valence-electron chi connectivity index (χ1n) is 13.9. The number of aliphatic hydroxyl groups is 1. The van der Waals surface area contributed by atoms with Gasteiger partial charge in [0, 0.05) is 62.4 Å². The Kier molecular flexibility index (Phi) is 6.00. The van der Waals surface area contributed by atoms with Gasteiger partial charge < -0.3 is 19.5 Å². The molecule has 1 unspecified atom stereocenters. The van der Waals surface area contributed by atoms with Crippen molar-refractivity contribution in [1.82, 2.24) is 24.3 Å². The highest BCUT2D eigenvalue weighted by atomic mass is 16.3. The highest BCUT2D eigenvalue weighted by Crippen LogP contribution is 2.52. The Morgan fingerprint density at radius 1 is 1.05 bits per heavy atom. The van der Waals surface area contributed by atoms with Gasteiger partial charge in [-0.05, 0) is 55.3 Å². The quantitative estimate of drug-likeness (QED) is 0.534. The molecule has 1 amide bonds. The largest absolute Gasteiger partial charge is 0.380 e. The molecule has 7 heteroatoms. The minimum atomic E-state index is -1.17. The summed E-state index contributed by atoms with van der Waals surface area (Å²) in [7, 11) is 2.10. The predicted octanol–water partition coefficient (Wildman–Crippen LogP) is 4.23. The van der Waals surface area contributed by atoms with E-state index in [0.717, 1.165) is 61.5 Å². The second kappa shape index (κ2) is 9.02. The minimum Gasteiger partial charge on any atom is -0.380 e. The van der Waals surface area contributed by atoms with Crippen LogP contribution in [0, 0.1) is 5.41 Å². The lowest BCUT2D eigenvalue weighted by molar-refractivity contribution is -0.129. The number of piperidine rings is 1. The van der Waals surface area contributed by atoms with Crippen LogP contribution in [0.3, 0.4) is 0 Å². The lowest BCUT2D eigenvalue weighted by Gasteiger charge is -2.55. The molecule has 1 N–H and O–H groups in total. The van der Waals surface area contributed by atoms with E-state index in [1.807, 2.05) is 28.2 Å². The third kappa shape index (κ3) is 4.16. The van der Waals surface area contributed by atoms with E-state index in [1.165, 1.54) is 18.4 Å². The van der Waals surface area contributed by atoms with Crippen LogP contribution in [0.1, 0.15) is 74.8 Å². The van der Waals surface area contributed by atoms with Crippen LogP contribution in [0.15, 0.2) is 55.2 Å². The molecule has 0 radical (unpaired) electrons. The summed E-state index contributed by atoms with van der Waals surface area (Å²) in [6.07, 6.45) is 11.9. The maximum atomic E-state index is 12.6. The second-order valence-corrected chi connectivity index (χ2v) is 12.5. The first kappa shape index (κ1) is 25.3. The molecule has 1 saturated carbocycles. The number of carbonyl (C=O) groups excluding carboxylic acids is 1. The molecule has 6 rings (SSSR count). The molecule has 2 aromatic heterocycles. The Hall–Kier alpha value is -3.03. The highest BCUT2D eigenvalue weighted by Gasteiger charge is 2.55. The van der Waals surface area contributed by atoms with Gasteiger partial charge in [0.1, 0.15) is 5.60 Å². The fourth-order valence-corrected chi connectivity index (χ4v) is 6.77. The van der Waals surface area contributed by atoms with Crippen LogP contribution in [-0.4, -0.2) is 68.6 Å². The number of carbonyl (C=O) groups is 1. The predicted molar refractivity (Wildman–Crippen MR) is 147 cm³/mol. The summed E-state index contributed by atoms with van der Waals surface area (Å²) < 4.78 is 2.01. The zero-order valence-electron chi connectivity index (χ0n) is 23.0. The zero-order chi connectivity index (χ0) is 26.7. The van der Waals surface area contributed by atoms with Gasteiger partial charge in [-0.3, -0.25) is 9.78 Å². The molecule has 200 valence electrons. The Balaban J connectivity index is 1.31. The normalized spacial score (nSPS) is 22.5. The van der Waals surface area contributed by atoms with Crippen molar-refractivity contribution >= 4 is 5.91 Å². The van der Waals surface area contributed by atoms with Crippen molar-refractivity contribution in [2.24, 2.45) is 5.41 Å². The van der Waals surface area contributed by atoms with Gasteiger partial charge in [-0.25, -0.2) is 4.98 Å². The third-order valence-electron chi connectivity index (χ3n) is 9.51. The molecule has 38 heavy (non-hydrogen) atoms. The number of hydrogen-bond donors (Lipinski definition) is 1. The van der Waals surface area contributed by atoms with E-state index in [4.69, 9.17) is 4.98 Å². The van der Waals surface area contributed by atoms with E-state index in [9.17, 15) is 9.90 Å². The number of benzene rings is 1. The summed E-state index contributed by atoms with van der Waals surface area (Å²) >= 11 is 0. The number of pyridine rings is 1. The molecule has 3 aliphatic rings. The number of likely N-dealkylation sites (tertiary alicyclic amines) is 2. The van der Waals surface area contributed by atoms with E-state index >= 15 is 0 Å². The fourth-order valence-electron chi connectivity index (χ4n) is 6.77. The first-order valence-corrected chi connectivity index (χ1v) is 13.9. The van der Waals surface area contributed by atoms with Crippen LogP contribution in [-0.2, 0) is 15.8 Å². The van der Waals surface area contributed by atoms with Gasteiger partial charge >= 0.3 is 0 Å². The smallest absolute Gasteiger partial charge is 0.219 e. The number of rotatable bonds is 6. The van der Waals surface area contributed by atoms with Crippen LogP contribution in [0.25, 0.3) is 5.69 Å². The molecule has 3 fully saturated rings. The lowest BCUT2D eigenvalue weighted by Crippen LogP contribution is -2.63. The van der Waals surface area contributed by atoms with E-state index in [-0.39, 0.29) is 11.3 Å². The molecule has 1 atom stereocenters. The second-order valence-electron chi connectivity index (χ2n) is 12.5. The van der Waals surface area contributed by atoms with Crippen LogP contribution in [0.4, 0.5) is 0 Å². The molecule has 4 heterocycles. The van der Waals surface area contributed by atoms with Crippen molar-refractivity contribution in [3.8, 4) is 5.69 Å². The van der Waals surface area contributed by atoms with Gasteiger partial charge in [-0.15, -0.1) is 0 Å². The fraction of sp³-hybridized carbons (Fsp3) is 0.516. The molecule has 1 aliphatic carbocycles. The standard InChI is InChI=1S/C31H39N5O2/c1-22(37)35-13-9-23(10-14-35)28-18-36(21-33-28)27-15-26(16-32-17-27)31(38,30(3)19-34(4)20-30)25-7-5-24(6-8-25)29(2)11-12-29/h5-8,15-18,21,23,38H,9-14,19-20H2,1-4H3. The van der Waals surface area contributed by atoms with E-state index < -0.39 is 5.60 Å². The number of hydrogen-bond acceptors (Lipinski definition) is 5. The maximum absolute atomic E-state index is 12.6. The van der Waals surface area contributed by atoms with Crippen LogP contribution < -0.4 is 0 Å². The Labute approximate surface area is 225 Å². The number of amides is 1. The average molecular weight is 514 g/mol. The summed E-state index contributed by atoms with van der Waals surface area (Å²) in [6, 6.07) is 10.7. The van der Waals surface area contributed by atoms with Crippen molar-refractivity contribution in [3.05, 3.63) is 77.6 Å². The van der Waals surface area contributed by atoms with Crippen LogP contribution >= 0.6 is 0 Å². The van der Waals surface area contributed by atoms with Gasteiger partial charge in [0.05, 0.1) is 23.9 Å². The molecular weight excluding hydrogens is 474 g/mol. The number of imidazole rings is 1. The summed E-state index contributed by atoms with van der Waals surface area (Å²) in [5.74, 6) is 0.489. The Morgan fingerprint density at radius 3 is 2.34 bits per heavy atom.